The third-order valence-corrected chi connectivity index (χ3v) is 3.86. The Morgan fingerprint density at radius 3 is 2.75 bits per heavy atom. The molecule has 2 unspecified atom stereocenters. The van der Waals surface area contributed by atoms with Gasteiger partial charge in [0.1, 0.15) is 5.82 Å². The van der Waals surface area contributed by atoms with Gasteiger partial charge in [-0.1, -0.05) is 20.8 Å². The highest BCUT2D eigenvalue weighted by Crippen LogP contribution is 2.36. The second-order valence-corrected chi connectivity index (χ2v) is 5.70. The molecule has 0 bridgehead atoms. The van der Waals surface area contributed by atoms with Crippen molar-refractivity contribution in [3.63, 3.8) is 0 Å². The Labute approximate surface area is 121 Å². The smallest absolute Gasteiger partial charge is 0.251 e. The van der Waals surface area contributed by atoms with E-state index in [0.717, 1.165) is 43.4 Å². The van der Waals surface area contributed by atoms with Crippen LogP contribution in [0.15, 0.2) is 12.1 Å². The predicted molar refractivity (Wildman–Crippen MR) is 82.0 cm³/mol. The maximum Gasteiger partial charge on any atom is 0.251 e. The fourth-order valence-corrected chi connectivity index (χ4v) is 2.25. The lowest BCUT2D eigenvalue weighted by atomic mass is 10.1. The van der Waals surface area contributed by atoms with Crippen molar-refractivity contribution in [1.82, 2.24) is 10.3 Å². The van der Waals surface area contributed by atoms with E-state index >= 15 is 0 Å². The van der Waals surface area contributed by atoms with Gasteiger partial charge in [0.05, 0.1) is 0 Å². The van der Waals surface area contributed by atoms with Crippen LogP contribution in [0.2, 0.25) is 0 Å². The number of hydrogen-bond donors (Lipinski definition) is 2. The first-order valence-electron chi connectivity index (χ1n) is 7.67. The van der Waals surface area contributed by atoms with E-state index in [2.05, 4.69) is 36.4 Å². The lowest BCUT2D eigenvalue weighted by Crippen LogP contribution is -2.26. The Hall–Kier alpha value is -1.58. The largest absolute Gasteiger partial charge is 0.370 e. The third kappa shape index (κ3) is 3.95. The number of pyridine rings is 1. The van der Waals surface area contributed by atoms with E-state index in [-0.39, 0.29) is 5.91 Å². The molecule has 20 heavy (non-hydrogen) atoms. The Kier molecular flexibility index (Phi) is 4.99. The van der Waals surface area contributed by atoms with Crippen molar-refractivity contribution in [2.75, 3.05) is 18.4 Å². The summed E-state index contributed by atoms with van der Waals surface area (Å²) in [4.78, 5) is 16.7. The molecule has 0 spiro atoms. The van der Waals surface area contributed by atoms with Crippen LogP contribution in [-0.2, 0) is 6.42 Å². The number of anilines is 1. The van der Waals surface area contributed by atoms with Crippen molar-refractivity contribution in [2.24, 2.45) is 11.8 Å². The van der Waals surface area contributed by atoms with Gasteiger partial charge in [-0.25, -0.2) is 4.98 Å². The number of aryl methyl sites for hydroxylation is 1. The van der Waals surface area contributed by atoms with Crippen molar-refractivity contribution in [3.05, 3.63) is 23.4 Å². The zero-order chi connectivity index (χ0) is 14.5. The summed E-state index contributed by atoms with van der Waals surface area (Å²) in [5.74, 6) is 2.25. The molecule has 0 saturated heterocycles. The normalized spacial score (nSPS) is 20.6. The number of aromatic nitrogens is 1. The Bertz CT molecular complexity index is 473. The van der Waals surface area contributed by atoms with Gasteiger partial charge in [0.25, 0.3) is 5.91 Å². The Morgan fingerprint density at radius 2 is 2.15 bits per heavy atom. The molecule has 1 heterocycles. The summed E-state index contributed by atoms with van der Waals surface area (Å²) in [5.41, 5.74) is 1.67. The van der Waals surface area contributed by atoms with Gasteiger partial charge in [-0.2, -0.15) is 0 Å². The van der Waals surface area contributed by atoms with E-state index in [1.54, 1.807) is 0 Å². The van der Waals surface area contributed by atoms with Gasteiger partial charge < -0.3 is 10.6 Å². The standard InChI is InChI=1S/C16H25N3O/c1-4-6-17-15-9-12(8-14(5-2)19-15)16(20)18-10-13-7-11(13)3/h8-9,11,13H,4-7,10H2,1-3H3,(H,17,19)(H,18,20). The molecular weight excluding hydrogens is 250 g/mol. The van der Waals surface area contributed by atoms with Crippen LogP contribution in [0.5, 0.6) is 0 Å². The fourth-order valence-electron chi connectivity index (χ4n) is 2.25. The summed E-state index contributed by atoms with van der Waals surface area (Å²) in [5, 5.41) is 6.29. The molecule has 4 nitrogen and oxygen atoms in total. The minimum atomic E-state index is 0.0146. The third-order valence-electron chi connectivity index (χ3n) is 3.86. The molecule has 0 aliphatic heterocycles. The summed E-state index contributed by atoms with van der Waals surface area (Å²) < 4.78 is 0. The van der Waals surface area contributed by atoms with E-state index < -0.39 is 0 Å². The molecule has 110 valence electrons. The zero-order valence-electron chi connectivity index (χ0n) is 12.7. The summed E-state index contributed by atoms with van der Waals surface area (Å²) in [7, 11) is 0. The summed E-state index contributed by atoms with van der Waals surface area (Å²) >= 11 is 0. The van der Waals surface area contributed by atoms with Crippen molar-refractivity contribution < 1.29 is 4.79 Å². The van der Waals surface area contributed by atoms with E-state index in [4.69, 9.17) is 0 Å². The van der Waals surface area contributed by atoms with E-state index in [1.165, 1.54) is 6.42 Å². The SMILES string of the molecule is CCCNc1cc(C(=O)NCC2CC2C)cc(CC)n1. The number of nitrogens with zero attached hydrogens (tertiary/aromatic N) is 1. The first kappa shape index (κ1) is 14.8. The van der Waals surface area contributed by atoms with Crippen molar-refractivity contribution >= 4 is 11.7 Å². The number of carbonyl (C=O) groups is 1. The van der Waals surface area contributed by atoms with Gasteiger partial charge in [0.15, 0.2) is 0 Å². The van der Waals surface area contributed by atoms with E-state index in [1.807, 2.05) is 12.1 Å². The van der Waals surface area contributed by atoms with Gasteiger partial charge in [-0.15, -0.1) is 0 Å². The number of hydrogen-bond acceptors (Lipinski definition) is 3. The molecule has 1 amide bonds. The molecule has 0 radical (unpaired) electrons. The fraction of sp³-hybridized carbons (Fsp3) is 0.625. The number of amides is 1. The molecule has 2 N–H and O–H groups in total. The van der Waals surface area contributed by atoms with Crippen LogP contribution in [-0.4, -0.2) is 24.0 Å². The Morgan fingerprint density at radius 1 is 1.40 bits per heavy atom. The van der Waals surface area contributed by atoms with Crippen molar-refractivity contribution in [1.29, 1.82) is 0 Å². The van der Waals surface area contributed by atoms with Crippen LogP contribution in [0.25, 0.3) is 0 Å². The molecule has 2 atom stereocenters. The first-order chi connectivity index (χ1) is 9.63. The topological polar surface area (TPSA) is 54.0 Å². The van der Waals surface area contributed by atoms with Crippen LogP contribution >= 0.6 is 0 Å². The molecule has 0 aromatic carbocycles. The van der Waals surface area contributed by atoms with Crippen molar-refractivity contribution in [2.45, 2.75) is 40.0 Å². The molecule has 1 aromatic heterocycles. The molecule has 1 fully saturated rings. The highest BCUT2D eigenvalue weighted by atomic mass is 16.1. The second kappa shape index (κ2) is 6.73. The quantitative estimate of drug-likeness (QED) is 0.804. The van der Waals surface area contributed by atoms with E-state index in [0.29, 0.717) is 11.5 Å². The minimum Gasteiger partial charge on any atom is -0.370 e. The average molecular weight is 275 g/mol. The number of carbonyl (C=O) groups excluding carboxylic acids is 1. The van der Waals surface area contributed by atoms with Gasteiger partial charge >= 0.3 is 0 Å². The van der Waals surface area contributed by atoms with Crippen LogP contribution < -0.4 is 10.6 Å². The van der Waals surface area contributed by atoms with Gasteiger partial charge in [0.2, 0.25) is 0 Å². The van der Waals surface area contributed by atoms with Crippen LogP contribution in [0.3, 0.4) is 0 Å². The van der Waals surface area contributed by atoms with Crippen LogP contribution in [0.4, 0.5) is 5.82 Å². The summed E-state index contributed by atoms with van der Waals surface area (Å²) in [6.45, 7) is 8.06. The lowest BCUT2D eigenvalue weighted by Gasteiger charge is -2.10. The highest BCUT2D eigenvalue weighted by Gasteiger charge is 2.32. The molecule has 1 aromatic rings. The molecule has 1 aliphatic rings. The molecule has 4 heteroatoms. The number of rotatable bonds is 7. The second-order valence-electron chi connectivity index (χ2n) is 5.70. The zero-order valence-corrected chi connectivity index (χ0v) is 12.7. The number of nitrogens with one attached hydrogen (secondary N) is 2. The maximum atomic E-state index is 12.2. The molecular formula is C16H25N3O. The maximum absolute atomic E-state index is 12.2. The lowest BCUT2D eigenvalue weighted by molar-refractivity contribution is 0.0951. The summed E-state index contributed by atoms with van der Waals surface area (Å²) in [6, 6.07) is 3.74. The monoisotopic (exact) mass is 275 g/mol. The van der Waals surface area contributed by atoms with Crippen LogP contribution in [0.1, 0.15) is 49.7 Å². The van der Waals surface area contributed by atoms with Gasteiger partial charge in [0, 0.05) is 24.3 Å². The van der Waals surface area contributed by atoms with Crippen molar-refractivity contribution in [3.8, 4) is 0 Å². The summed E-state index contributed by atoms with van der Waals surface area (Å²) in [6.07, 6.45) is 3.11. The van der Waals surface area contributed by atoms with Crippen LogP contribution in [0, 0.1) is 11.8 Å². The molecule has 1 saturated carbocycles. The first-order valence-corrected chi connectivity index (χ1v) is 7.67. The molecule has 1 aliphatic carbocycles. The highest BCUT2D eigenvalue weighted by molar-refractivity contribution is 5.95. The average Bonchev–Trinajstić information content (AvgIpc) is 3.17. The predicted octanol–water partition coefficient (Wildman–Crippen LogP) is 2.85. The van der Waals surface area contributed by atoms with Gasteiger partial charge in [-0.05, 0) is 43.2 Å². The van der Waals surface area contributed by atoms with Gasteiger partial charge in [-0.3, -0.25) is 4.79 Å². The van der Waals surface area contributed by atoms with E-state index in [9.17, 15) is 4.79 Å². The minimum absolute atomic E-state index is 0.0146. The molecule has 2 rings (SSSR count). The Balaban J connectivity index is 2.02.